The standard InChI is InChI=1S/C19H29OSSi.3CH3.Sn/c1-6-8-11-15-16(12-9-7-2)19(22(3,4)5)21-18(15)17-13-10-14-20-17;;;;/h10,13H,6-9,11-12H2,1-5H3;3*1H3;. The molecule has 0 saturated carbocycles. The Labute approximate surface area is 170 Å². The Morgan fingerprint density at radius 3 is 1.96 bits per heavy atom. The molecule has 0 bridgehead atoms. The van der Waals surface area contributed by atoms with Gasteiger partial charge in [0.2, 0.25) is 0 Å². The van der Waals surface area contributed by atoms with Crippen LogP contribution in [0.3, 0.4) is 0 Å². The van der Waals surface area contributed by atoms with Crippen molar-refractivity contribution in [2.75, 3.05) is 0 Å². The second-order valence-corrected chi connectivity index (χ2v) is 30.2. The van der Waals surface area contributed by atoms with E-state index in [-0.39, 0.29) is 0 Å². The SMILES string of the molecule is CCCCc1c(-c2cc[c]([Sn]([CH3])([CH3])[CH3])o2)sc([Si](C)(C)C)c1CCCC. The first-order chi connectivity index (χ1) is 12.1. The molecule has 0 radical (unpaired) electrons. The van der Waals surface area contributed by atoms with Gasteiger partial charge >= 0.3 is 171 Å². The van der Waals surface area contributed by atoms with E-state index in [1.807, 2.05) is 0 Å². The van der Waals surface area contributed by atoms with E-state index in [2.05, 4.69) is 71.8 Å². The molecule has 4 heteroatoms. The second-order valence-electron chi connectivity index (χ2n) is 9.59. The molecule has 2 rings (SSSR count). The first-order valence-corrected chi connectivity index (χ1v) is 24.7. The molecule has 0 aliphatic carbocycles. The van der Waals surface area contributed by atoms with E-state index in [0.29, 0.717) is 0 Å². The predicted molar refractivity (Wildman–Crippen MR) is 125 cm³/mol. The quantitative estimate of drug-likeness (QED) is 0.348. The van der Waals surface area contributed by atoms with Crippen molar-refractivity contribution in [1.29, 1.82) is 0 Å². The van der Waals surface area contributed by atoms with Gasteiger partial charge in [0.1, 0.15) is 0 Å². The zero-order chi connectivity index (χ0) is 19.5. The van der Waals surface area contributed by atoms with Crippen LogP contribution in [-0.2, 0) is 12.8 Å². The van der Waals surface area contributed by atoms with Crippen LogP contribution >= 0.6 is 11.3 Å². The van der Waals surface area contributed by atoms with Crippen LogP contribution in [0.1, 0.15) is 50.7 Å². The Bertz CT molecular complexity index is 716. The van der Waals surface area contributed by atoms with Crippen LogP contribution in [0.4, 0.5) is 0 Å². The van der Waals surface area contributed by atoms with Gasteiger partial charge in [-0.1, -0.05) is 0 Å². The second kappa shape index (κ2) is 9.00. The number of thiophene rings is 1. The van der Waals surface area contributed by atoms with Crippen LogP contribution < -0.4 is 8.28 Å². The normalized spacial score (nSPS) is 12.8. The summed E-state index contributed by atoms with van der Waals surface area (Å²) < 4.78 is 9.47. The van der Waals surface area contributed by atoms with E-state index < -0.39 is 26.5 Å². The van der Waals surface area contributed by atoms with Crippen LogP contribution in [0.15, 0.2) is 16.5 Å². The Balaban J connectivity index is 2.59. The van der Waals surface area contributed by atoms with Crippen LogP contribution in [0, 0.1) is 0 Å². The van der Waals surface area contributed by atoms with Gasteiger partial charge in [-0.25, -0.2) is 0 Å². The molecule has 0 N–H and O–H groups in total. The third kappa shape index (κ3) is 5.29. The van der Waals surface area contributed by atoms with Gasteiger partial charge in [-0.15, -0.1) is 0 Å². The molecule has 26 heavy (non-hydrogen) atoms. The molecular weight excluding hydrogens is 459 g/mol. The van der Waals surface area contributed by atoms with Crippen molar-refractivity contribution in [3.63, 3.8) is 0 Å². The molecule has 0 amide bonds. The van der Waals surface area contributed by atoms with E-state index in [0.717, 1.165) is 5.76 Å². The fraction of sp³-hybridized carbons (Fsp3) is 0.636. The summed E-state index contributed by atoms with van der Waals surface area (Å²) in [4.78, 5) is 8.75. The Kier molecular flexibility index (Phi) is 7.71. The fourth-order valence-corrected chi connectivity index (χ4v) is 10.1. The van der Waals surface area contributed by atoms with Crippen molar-refractivity contribution in [3.05, 3.63) is 23.3 Å². The van der Waals surface area contributed by atoms with Crippen molar-refractivity contribution in [3.8, 4) is 10.6 Å². The third-order valence-electron chi connectivity index (χ3n) is 4.93. The monoisotopic (exact) mass is 498 g/mol. The molecule has 0 aliphatic heterocycles. The van der Waals surface area contributed by atoms with Crippen LogP contribution in [-0.4, -0.2) is 26.5 Å². The van der Waals surface area contributed by atoms with Gasteiger partial charge in [0, 0.05) is 0 Å². The van der Waals surface area contributed by atoms with Crippen molar-refractivity contribution in [2.24, 2.45) is 0 Å². The zero-order valence-corrected chi connectivity index (χ0v) is 22.9. The molecule has 0 fully saturated rings. The van der Waals surface area contributed by atoms with Gasteiger partial charge in [0.15, 0.2) is 0 Å². The minimum atomic E-state index is -2.16. The molecule has 2 aromatic heterocycles. The van der Waals surface area contributed by atoms with Crippen LogP contribution in [0.5, 0.6) is 0 Å². The molecule has 2 aromatic rings. The topological polar surface area (TPSA) is 13.1 Å². The summed E-state index contributed by atoms with van der Waals surface area (Å²) in [5.41, 5.74) is 3.31. The van der Waals surface area contributed by atoms with Gasteiger partial charge in [-0.05, 0) is 0 Å². The first-order valence-electron chi connectivity index (χ1n) is 10.3. The first kappa shape index (κ1) is 22.3. The summed E-state index contributed by atoms with van der Waals surface area (Å²) >= 11 is -0.0948. The molecule has 0 unspecified atom stereocenters. The Morgan fingerprint density at radius 2 is 1.50 bits per heavy atom. The van der Waals surface area contributed by atoms with E-state index >= 15 is 0 Å². The summed E-state index contributed by atoms with van der Waals surface area (Å²) in [6.45, 7) is 12.1. The molecule has 0 spiro atoms. The molecule has 0 atom stereocenters. The molecule has 146 valence electrons. The van der Waals surface area contributed by atoms with Crippen molar-refractivity contribution in [1.82, 2.24) is 0 Å². The number of hydrogen-bond acceptors (Lipinski definition) is 2. The van der Waals surface area contributed by atoms with E-state index in [4.69, 9.17) is 4.42 Å². The molecule has 0 aromatic carbocycles. The maximum atomic E-state index is 6.46. The summed E-state index contributed by atoms with van der Waals surface area (Å²) in [7, 11) is -1.35. The predicted octanol–water partition coefficient (Wildman–Crippen LogP) is 6.78. The molecule has 0 saturated heterocycles. The van der Waals surface area contributed by atoms with E-state index in [9.17, 15) is 0 Å². The van der Waals surface area contributed by atoms with E-state index in [1.165, 1.54) is 47.2 Å². The van der Waals surface area contributed by atoms with Crippen molar-refractivity contribution >= 4 is 46.1 Å². The third-order valence-corrected chi connectivity index (χ3v) is 14.8. The molecule has 0 aliphatic rings. The minimum absolute atomic E-state index is 1.14. The number of unbranched alkanes of at least 4 members (excludes halogenated alkanes) is 2. The van der Waals surface area contributed by atoms with Crippen molar-refractivity contribution < 1.29 is 4.42 Å². The summed E-state index contributed by atoms with van der Waals surface area (Å²) in [5, 5.41) is 0. The van der Waals surface area contributed by atoms with Gasteiger partial charge in [-0.3, -0.25) is 0 Å². The Hall–Kier alpha value is -0.00442. The summed E-state index contributed by atoms with van der Waals surface area (Å²) in [6, 6.07) is 4.53. The summed E-state index contributed by atoms with van der Waals surface area (Å²) in [6.07, 6.45) is 7.56. The molecule has 2 heterocycles. The molecule has 1 nitrogen and oxygen atoms in total. The average Bonchev–Trinajstić information content (AvgIpc) is 3.14. The van der Waals surface area contributed by atoms with E-state index in [1.54, 1.807) is 15.6 Å². The van der Waals surface area contributed by atoms with Gasteiger partial charge < -0.3 is 0 Å². The number of hydrogen-bond donors (Lipinski definition) is 0. The maximum absolute atomic E-state index is 6.46. The van der Waals surface area contributed by atoms with Gasteiger partial charge in [0.25, 0.3) is 0 Å². The van der Waals surface area contributed by atoms with Crippen LogP contribution in [0.2, 0.25) is 34.5 Å². The molecular formula is C22H38OSSiSn. The number of furan rings is 1. The average molecular weight is 497 g/mol. The number of rotatable bonds is 9. The van der Waals surface area contributed by atoms with Gasteiger partial charge in [-0.2, -0.15) is 0 Å². The van der Waals surface area contributed by atoms with Gasteiger partial charge in [0.05, 0.1) is 0 Å². The van der Waals surface area contributed by atoms with Crippen LogP contribution in [0.25, 0.3) is 10.6 Å². The fourth-order valence-electron chi connectivity index (χ4n) is 3.40. The zero-order valence-electron chi connectivity index (χ0n) is 18.2. The summed E-state index contributed by atoms with van der Waals surface area (Å²) in [5.74, 6) is 1.14. The van der Waals surface area contributed by atoms with Crippen molar-refractivity contribution in [2.45, 2.75) is 86.8 Å². The Morgan fingerprint density at radius 1 is 0.923 bits per heavy atom.